The van der Waals surface area contributed by atoms with Crippen LogP contribution in [0, 0.1) is 6.92 Å². The van der Waals surface area contributed by atoms with Gasteiger partial charge in [-0.25, -0.2) is 4.98 Å². The van der Waals surface area contributed by atoms with Gasteiger partial charge in [0.05, 0.1) is 11.0 Å². The topological polar surface area (TPSA) is 46.9 Å². The van der Waals surface area contributed by atoms with Gasteiger partial charge in [0, 0.05) is 14.1 Å². The van der Waals surface area contributed by atoms with Crippen molar-refractivity contribution < 1.29 is 4.79 Å². The molecule has 0 aliphatic carbocycles. The molecule has 1 N–H and O–H groups in total. The first-order valence-corrected chi connectivity index (χ1v) is 4.79. The van der Waals surface area contributed by atoms with E-state index in [1.807, 2.05) is 32.2 Å². The number of amides is 1. The molecule has 0 spiro atoms. The highest BCUT2D eigenvalue weighted by Gasteiger charge is 2.14. The summed E-state index contributed by atoms with van der Waals surface area (Å²) in [5, 5.41) is 2.58. The number of hydrogen-bond donors (Lipinski definition) is 1. The molecule has 1 heterocycles. The Kier molecular flexibility index (Phi) is 2.19. The monoisotopic (exact) mass is 203 g/mol. The van der Waals surface area contributed by atoms with Crippen molar-refractivity contribution in [3.63, 3.8) is 0 Å². The Morgan fingerprint density at radius 2 is 2.20 bits per heavy atom. The standard InChI is InChI=1S/C11H13N3O/c1-7-5-4-6-8-9(7)13-10(14(8)3)11(15)12-2/h4-6H,1-3H3,(H,12,15). The fourth-order valence-electron chi connectivity index (χ4n) is 1.67. The molecule has 1 aromatic heterocycles. The van der Waals surface area contributed by atoms with Gasteiger partial charge in [0.25, 0.3) is 5.91 Å². The Bertz CT molecular complexity index is 528. The Morgan fingerprint density at radius 1 is 1.47 bits per heavy atom. The van der Waals surface area contributed by atoms with E-state index in [0.29, 0.717) is 5.82 Å². The van der Waals surface area contributed by atoms with Gasteiger partial charge in [0.2, 0.25) is 0 Å². The minimum Gasteiger partial charge on any atom is -0.352 e. The molecule has 0 unspecified atom stereocenters. The van der Waals surface area contributed by atoms with Crippen LogP contribution in [0.3, 0.4) is 0 Å². The van der Waals surface area contributed by atoms with Crippen LogP contribution in [0.2, 0.25) is 0 Å². The summed E-state index contributed by atoms with van der Waals surface area (Å²) in [7, 11) is 3.45. The largest absolute Gasteiger partial charge is 0.352 e. The van der Waals surface area contributed by atoms with Crippen molar-refractivity contribution in [1.29, 1.82) is 0 Å². The Hall–Kier alpha value is -1.84. The lowest BCUT2D eigenvalue weighted by molar-refractivity contribution is 0.0950. The summed E-state index contributed by atoms with van der Waals surface area (Å²) in [6.07, 6.45) is 0. The number of carbonyl (C=O) groups excluding carboxylic acids is 1. The van der Waals surface area contributed by atoms with E-state index in [1.54, 1.807) is 11.6 Å². The molecule has 0 bridgehead atoms. The average molecular weight is 203 g/mol. The maximum atomic E-state index is 11.5. The summed E-state index contributed by atoms with van der Waals surface area (Å²) in [4.78, 5) is 15.9. The van der Waals surface area contributed by atoms with Crippen LogP contribution in [0.4, 0.5) is 0 Å². The molecule has 1 aromatic carbocycles. The molecule has 78 valence electrons. The van der Waals surface area contributed by atoms with Crippen LogP contribution in [0.15, 0.2) is 18.2 Å². The van der Waals surface area contributed by atoms with Gasteiger partial charge < -0.3 is 9.88 Å². The summed E-state index contributed by atoms with van der Waals surface area (Å²) < 4.78 is 1.81. The van der Waals surface area contributed by atoms with E-state index in [-0.39, 0.29) is 5.91 Å². The number of aryl methyl sites for hydroxylation is 2. The molecular weight excluding hydrogens is 190 g/mol. The Balaban J connectivity index is 2.75. The fourth-order valence-corrected chi connectivity index (χ4v) is 1.67. The summed E-state index contributed by atoms with van der Waals surface area (Å²) in [6.45, 7) is 1.99. The number of fused-ring (bicyclic) bond motifs is 1. The highest BCUT2D eigenvalue weighted by molar-refractivity contribution is 5.95. The predicted octanol–water partition coefficient (Wildman–Crippen LogP) is 1.24. The summed E-state index contributed by atoms with van der Waals surface area (Å²) in [6, 6.07) is 5.91. The van der Waals surface area contributed by atoms with Gasteiger partial charge in [-0.15, -0.1) is 0 Å². The second kappa shape index (κ2) is 3.38. The zero-order chi connectivity index (χ0) is 11.0. The van der Waals surface area contributed by atoms with Crippen LogP contribution in [0.1, 0.15) is 16.2 Å². The first-order valence-electron chi connectivity index (χ1n) is 4.79. The molecule has 0 aliphatic rings. The molecule has 15 heavy (non-hydrogen) atoms. The number of hydrogen-bond acceptors (Lipinski definition) is 2. The van der Waals surface area contributed by atoms with E-state index < -0.39 is 0 Å². The molecule has 0 saturated carbocycles. The molecule has 1 amide bonds. The summed E-state index contributed by atoms with van der Waals surface area (Å²) in [5.41, 5.74) is 2.95. The first kappa shape index (κ1) is 9.71. The number of nitrogens with one attached hydrogen (secondary N) is 1. The molecule has 4 nitrogen and oxygen atoms in total. The molecule has 0 radical (unpaired) electrons. The Labute approximate surface area is 87.9 Å². The van der Waals surface area contributed by atoms with E-state index in [2.05, 4.69) is 10.3 Å². The van der Waals surface area contributed by atoms with Gasteiger partial charge in [-0.05, 0) is 18.6 Å². The van der Waals surface area contributed by atoms with Gasteiger partial charge in [0.15, 0.2) is 5.82 Å². The third-order valence-electron chi connectivity index (χ3n) is 2.54. The van der Waals surface area contributed by atoms with E-state index >= 15 is 0 Å². The SMILES string of the molecule is CNC(=O)c1nc2c(C)cccc2n1C. The summed E-state index contributed by atoms with van der Waals surface area (Å²) in [5.74, 6) is 0.287. The van der Waals surface area contributed by atoms with Crippen molar-refractivity contribution in [3.05, 3.63) is 29.6 Å². The molecular formula is C11H13N3O. The minimum absolute atomic E-state index is 0.159. The molecule has 0 fully saturated rings. The van der Waals surface area contributed by atoms with E-state index in [9.17, 15) is 4.79 Å². The van der Waals surface area contributed by atoms with Crippen molar-refractivity contribution in [2.24, 2.45) is 7.05 Å². The smallest absolute Gasteiger partial charge is 0.287 e. The molecule has 4 heteroatoms. The molecule has 0 atom stereocenters. The third-order valence-corrected chi connectivity index (χ3v) is 2.54. The van der Waals surface area contributed by atoms with E-state index in [0.717, 1.165) is 16.6 Å². The minimum atomic E-state index is -0.159. The number of rotatable bonds is 1. The lowest BCUT2D eigenvalue weighted by Crippen LogP contribution is -2.21. The van der Waals surface area contributed by atoms with Crippen molar-refractivity contribution in [2.75, 3.05) is 7.05 Å². The highest BCUT2D eigenvalue weighted by Crippen LogP contribution is 2.18. The van der Waals surface area contributed by atoms with Gasteiger partial charge >= 0.3 is 0 Å². The van der Waals surface area contributed by atoms with Crippen molar-refractivity contribution in [1.82, 2.24) is 14.9 Å². The highest BCUT2D eigenvalue weighted by atomic mass is 16.2. The average Bonchev–Trinajstić information content (AvgIpc) is 2.57. The van der Waals surface area contributed by atoms with Crippen molar-refractivity contribution in [2.45, 2.75) is 6.92 Å². The van der Waals surface area contributed by atoms with Crippen LogP contribution >= 0.6 is 0 Å². The number of carbonyl (C=O) groups is 1. The predicted molar refractivity (Wildman–Crippen MR) is 58.8 cm³/mol. The van der Waals surface area contributed by atoms with Crippen LogP contribution in [-0.2, 0) is 7.05 Å². The molecule has 0 saturated heterocycles. The lowest BCUT2D eigenvalue weighted by Gasteiger charge is -1.99. The second-order valence-electron chi connectivity index (χ2n) is 3.52. The quantitative estimate of drug-likeness (QED) is 0.758. The normalized spacial score (nSPS) is 10.6. The van der Waals surface area contributed by atoms with Crippen LogP contribution < -0.4 is 5.32 Å². The van der Waals surface area contributed by atoms with Gasteiger partial charge in [-0.2, -0.15) is 0 Å². The van der Waals surface area contributed by atoms with Crippen LogP contribution in [0.25, 0.3) is 11.0 Å². The zero-order valence-electron chi connectivity index (χ0n) is 9.03. The number of benzene rings is 1. The van der Waals surface area contributed by atoms with Gasteiger partial charge in [-0.1, -0.05) is 12.1 Å². The van der Waals surface area contributed by atoms with E-state index in [1.165, 1.54) is 0 Å². The van der Waals surface area contributed by atoms with Gasteiger partial charge in [-0.3, -0.25) is 4.79 Å². The molecule has 2 rings (SSSR count). The third kappa shape index (κ3) is 1.38. The maximum absolute atomic E-state index is 11.5. The first-order chi connectivity index (χ1) is 7.15. The maximum Gasteiger partial charge on any atom is 0.287 e. The summed E-state index contributed by atoms with van der Waals surface area (Å²) >= 11 is 0. The number of para-hydroxylation sites is 1. The number of imidazole rings is 1. The van der Waals surface area contributed by atoms with E-state index in [4.69, 9.17) is 0 Å². The Morgan fingerprint density at radius 3 is 2.80 bits per heavy atom. The van der Waals surface area contributed by atoms with Crippen LogP contribution in [-0.4, -0.2) is 22.5 Å². The number of nitrogens with zero attached hydrogens (tertiary/aromatic N) is 2. The lowest BCUT2D eigenvalue weighted by atomic mass is 10.2. The zero-order valence-corrected chi connectivity index (χ0v) is 9.03. The van der Waals surface area contributed by atoms with Gasteiger partial charge in [0.1, 0.15) is 0 Å². The van der Waals surface area contributed by atoms with Crippen LogP contribution in [0.5, 0.6) is 0 Å². The molecule has 2 aromatic rings. The van der Waals surface area contributed by atoms with Crippen molar-refractivity contribution in [3.8, 4) is 0 Å². The fraction of sp³-hybridized carbons (Fsp3) is 0.273. The van der Waals surface area contributed by atoms with Crippen molar-refractivity contribution >= 4 is 16.9 Å². The second-order valence-corrected chi connectivity index (χ2v) is 3.52. The number of aromatic nitrogens is 2. The molecule has 0 aliphatic heterocycles.